The molecule has 1 amide bonds. The Morgan fingerprint density at radius 3 is 2.53 bits per heavy atom. The van der Waals surface area contributed by atoms with Crippen molar-refractivity contribution in [3.63, 3.8) is 0 Å². The summed E-state index contributed by atoms with van der Waals surface area (Å²) in [5.41, 5.74) is 9.21. The van der Waals surface area contributed by atoms with Gasteiger partial charge < -0.3 is 11.5 Å². The predicted octanol–water partition coefficient (Wildman–Crippen LogP) is 1.51. The number of nitrogen functional groups attached to an aromatic ring is 1. The number of hydrogen-bond donors (Lipinski definition) is 2. The molecule has 0 aromatic heterocycles. The summed E-state index contributed by atoms with van der Waals surface area (Å²) in [5, 5.41) is 0. The Kier molecular flexibility index (Phi) is 3.63. The summed E-state index contributed by atoms with van der Waals surface area (Å²) in [6, 6.07) is 3.10. The Morgan fingerprint density at radius 2 is 2.00 bits per heavy atom. The lowest BCUT2D eigenvalue weighted by Crippen LogP contribution is -2.09. The highest BCUT2D eigenvalue weighted by Crippen LogP contribution is 2.32. The van der Waals surface area contributed by atoms with Crippen molar-refractivity contribution in [3.8, 4) is 11.8 Å². The number of carbonyl (C=O) groups is 1. The van der Waals surface area contributed by atoms with Crippen molar-refractivity contribution >= 4 is 11.6 Å². The molecule has 17 heavy (non-hydrogen) atoms. The van der Waals surface area contributed by atoms with E-state index in [2.05, 4.69) is 11.8 Å². The van der Waals surface area contributed by atoms with Crippen molar-refractivity contribution in [2.24, 2.45) is 5.73 Å². The van der Waals surface area contributed by atoms with Crippen molar-refractivity contribution < 1.29 is 18.0 Å². The van der Waals surface area contributed by atoms with E-state index in [-0.39, 0.29) is 17.7 Å². The van der Waals surface area contributed by atoms with E-state index >= 15 is 0 Å². The van der Waals surface area contributed by atoms with Crippen molar-refractivity contribution in [1.82, 2.24) is 0 Å². The number of halogens is 3. The van der Waals surface area contributed by atoms with E-state index < -0.39 is 17.6 Å². The van der Waals surface area contributed by atoms with Gasteiger partial charge in [-0.1, -0.05) is 11.8 Å². The lowest BCUT2D eigenvalue weighted by atomic mass is 10.1. The summed E-state index contributed by atoms with van der Waals surface area (Å²) in [6.45, 7) is 0. The number of carbonyl (C=O) groups excluding carboxylic acids is 1. The van der Waals surface area contributed by atoms with Crippen LogP contribution in [0.3, 0.4) is 0 Å². The Balaban J connectivity index is 3.15. The molecule has 0 fully saturated rings. The molecule has 6 heteroatoms. The second kappa shape index (κ2) is 4.78. The molecule has 0 aliphatic rings. The van der Waals surface area contributed by atoms with Crippen LogP contribution in [0.2, 0.25) is 0 Å². The molecule has 0 bridgehead atoms. The number of primary amides is 1. The molecular weight excluding hydrogens is 233 g/mol. The number of amides is 1. The first-order valence-corrected chi connectivity index (χ1v) is 4.54. The molecule has 0 saturated heterocycles. The number of rotatable bonds is 1. The summed E-state index contributed by atoms with van der Waals surface area (Å²) in [7, 11) is 0. The maximum Gasteiger partial charge on any atom is 0.417 e. The van der Waals surface area contributed by atoms with Gasteiger partial charge in [-0.05, 0) is 18.2 Å². The highest BCUT2D eigenvalue weighted by atomic mass is 19.4. The number of alkyl halides is 3. The van der Waals surface area contributed by atoms with Gasteiger partial charge in [-0.15, -0.1) is 0 Å². The SMILES string of the molecule is NC(=O)CC#Cc1cc(N)ccc1C(F)(F)F. The lowest BCUT2D eigenvalue weighted by molar-refractivity contribution is -0.137. The zero-order valence-electron chi connectivity index (χ0n) is 8.64. The summed E-state index contributed by atoms with van der Waals surface area (Å²) in [4.78, 5) is 10.4. The minimum Gasteiger partial charge on any atom is -0.399 e. The van der Waals surface area contributed by atoms with Crippen LogP contribution < -0.4 is 11.5 Å². The molecular formula is C11H9F3N2O. The molecule has 0 aliphatic heterocycles. The Bertz CT molecular complexity index is 498. The number of hydrogen-bond acceptors (Lipinski definition) is 2. The van der Waals surface area contributed by atoms with Gasteiger partial charge in [0.2, 0.25) is 5.91 Å². The number of nitrogens with two attached hydrogens (primary N) is 2. The molecule has 1 aromatic carbocycles. The quantitative estimate of drug-likeness (QED) is 0.579. The van der Waals surface area contributed by atoms with Crippen molar-refractivity contribution in [3.05, 3.63) is 29.3 Å². The Morgan fingerprint density at radius 1 is 1.35 bits per heavy atom. The van der Waals surface area contributed by atoms with Gasteiger partial charge in [-0.2, -0.15) is 13.2 Å². The monoisotopic (exact) mass is 242 g/mol. The summed E-state index contributed by atoms with van der Waals surface area (Å²) >= 11 is 0. The van der Waals surface area contributed by atoms with Crippen molar-refractivity contribution in [2.75, 3.05) is 5.73 Å². The van der Waals surface area contributed by atoms with Crippen LogP contribution in [0.4, 0.5) is 18.9 Å². The second-order valence-corrected chi connectivity index (χ2v) is 3.25. The van der Waals surface area contributed by atoms with Gasteiger partial charge in [0.15, 0.2) is 0 Å². The van der Waals surface area contributed by atoms with Gasteiger partial charge >= 0.3 is 6.18 Å². The Labute approximate surface area is 95.6 Å². The van der Waals surface area contributed by atoms with Crippen LogP contribution in [0.15, 0.2) is 18.2 Å². The highest BCUT2D eigenvalue weighted by molar-refractivity contribution is 5.76. The Hall–Kier alpha value is -2.16. The van der Waals surface area contributed by atoms with Gasteiger partial charge in [0.1, 0.15) is 0 Å². The van der Waals surface area contributed by atoms with E-state index in [1.54, 1.807) is 0 Å². The zero-order valence-corrected chi connectivity index (χ0v) is 8.64. The maximum atomic E-state index is 12.6. The molecule has 0 spiro atoms. The van der Waals surface area contributed by atoms with E-state index in [0.717, 1.165) is 18.2 Å². The van der Waals surface area contributed by atoms with Crippen LogP contribution in [0.1, 0.15) is 17.5 Å². The average Bonchev–Trinajstić information content (AvgIpc) is 2.15. The van der Waals surface area contributed by atoms with Gasteiger partial charge in [0, 0.05) is 11.3 Å². The molecule has 1 aromatic rings. The van der Waals surface area contributed by atoms with Gasteiger partial charge in [-0.3, -0.25) is 4.79 Å². The van der Waals surface area contributed by atoms with Crippen LogP contribution in [0.25, 0.3) is 0 Å². The normalized spacial score (nSPS) is 10.5. The van der Waals surface area contributed by atoms with E-state index in [4.69, 9.17) is 11.5 Å². The minimum absolute atomic E-state index is 0.168. The molecule has 0 radical (unpaired) electrons. The predicted molar refractivity (Wildman–Crippen MR) is 56.5 cm³/mol. The van der Waals surface area contributed by atoms with Crippen LogP contribution >= 0.6 is 0 Å². The first kappa shape index (κ1) is 12.9. The van der Waals surface area contributed by atoms with E-state index in [1.807, 2.05) is 0 Å². The van der Waals surface area contributed by atoms with Gasteiger partial charge in [-0.25, -0.2) is 0 Å². The fourth-order valence-corrected chi connectivity index (χ4v) is 1.14. The second-order valence-electron chi connectivity index (χ2n) is 3.25. The molecule has 0 aliphatic carbocycles. The summed E-state index contributed by atoms with van der Waals surface area (Å²) in [6.07, 6.45) is -4.81. The maximum absolute atomic E-state index is 12.6. The van der Waals surface area contributed by atoms with E-state index in [0.29, 0.717) is 0 Å². The molecule has 1 rings (SSSR count). The fraction of sp³-hybridized carbons (Fsp3) is 0.182. The molecule has 0 heterocycles. The van der Waals surface area contributed by atoms with Crippen LogP contribution in [0.5, 0.6) is 0 Å². The van der Waals surface area contributed by atoms with Crippen LogP contribution in [-0.4, -0.2) is 5.91 Å². The van der Waals surface area contributed by atoms with Crippen molar-refractivity contribution in [2.45, 2.75) is 12.6 Å². The van der Waals surface area contributed by atoms with Gasteiger partial charge in [0.05, 0.1) is 12.0 Å². The fourth-order valence-electron chi connectivity index (χ4n) is 1.14. The highest BCUT2D eigenvalue weighted by Gasteiger charge is 2.32. The van der Waals surface area contributed by atoms with Crippen LogP contribution in [-0.2, 0) is 11.0 Å². The smallest absolute Gasteiger partial charge is 0.399 e. The topological polar surface area (TPSA) is 69.1 Å². The van der Waals surface area contributed by atoms with E-state index in [1.165, 1.54) is 0 Å². The zero-order chi connectivity index (χ0) is 13.1. The molecule has 4 N–H and O–H groups in total. The summed E-state index contributed by atoms with van der Waals surface area (Å²) < 4.78 is 37.7. The molecule has 3 nitrogen and oxygen atoms in total. The van der Waals surface area contributed by atoms with Gasteiger partial charge in [0.25, 0.3) is 0 Å². The minimum atomic E-state index is -4.51. The first-order chi connectivity index (χ1) is 7.80. The third-order valence-corrected chi connectivity index (χ3v) is 1.83. The third kappa shape index (κ3) is 3.72. The molecule has 90 valence electrons. The van der Waals surface area contributed by atoms with Crippen LogP contribution in [0, 0.1) is 11.8 Å². The molecule has 0 unspecified atom stereocenters. The molecule has 0 saturated carbocycles. The number of anilines is 1. The molecule has 0 atom stereocenters. The first-order valence-electron chi connectivity index (χ1n) is 4.54. The largest absolute Gasteiger partial charge is 0.417 e. The third-order valence-electron chi connectivity index (χ3n) is 1.83. The van der Waals surface area contributed by atoms with Crippen molar-refractivity contribution in [1.29, 1.82) is 0 Å². The average molecular weight is 242 g/mol. The summed E-state index contributed by atoms with van der Waals surface area (Å²) in [5.74, 6) is 3.80. The standard InChI is InChI=1S/C11H9F3N2O/c12-11(13,14)9-5-4-8(15)6-7(9)2-1-3-10(16)17/h4-6H,3,15H2,(H2,16,17). The van der Waals surface area contributed by atoms with E-state index in [9.17, 15) is 18.0 Å². The number of benzene rings is 1. The lowest BCUT2D eigenvalue weighted by Gasteiger charge is -2.09.